The van der Waals surface area contributed by atoms with Gasteiger partial charge in [0.05, 0.1) is 5.92 Å². The molecule has 0 fully saturated rings. The third-order valence-electron chi connectivity index (χ3n) is 2.79. The normalized spacial score (nSPS) is 12.8. The molecular formula is C14H14ClF3O3. The Hall–Kier alpha value is -1.69. The number of carboxylic acid groups (broad SMARTS) is 1. The molecule has 1 rings (SSSR count). The highest BCUT2D eigenvalue weighted by molar-refractivity contribution is 6.19. The maximum atomic E-state index is 12.0. The van der Waals surface area contributed by atoms with Crippen molar-refractivity contribution < 1.29 is 27.8 Å². The molecule has 0 aliphatic carbocycles. The van der Waals surface area contributed by atoms with Crippen LogP contribution < -0.4 is 4.74 Å². The number of allylic oxidation sites excluding steroid dienone is 1. The third-order valence-corrected chi connectivity index (χ3v) is 3.17. The predicted molar refractivity (Wildman–Crippen MR) is 72.6 cm³/mol. The van der Waals surface area contributed by atoms with Gasteiger partial charge < -0.3 is 9.84 Å². The maximum absolute atomic E-state index is 12.0. The molecule has 0 aromatic heterocycles. The Bertz CT molecular complexity index is 497. The van der Waals surface area contributed by atoms with Crippen LogP contribution in [-0.4, -0.2) is 23.3 Å². The number of halogens is 4. The first-order chi connectivity index (χ1) is 9.73. The van der Waals surface area contributed by atoms with Crippen molar-refractivity contribution in [3.8, 4) is 5.75 Å². The molecule has 0 amide bonds. The number of hydrogen-bond donors (Lipinski definition) is 1. The molecule has 0 radical (unpaired) electrons. The van der Waals surface area contributed by atoms with Crippen LogP contribution in [0.2, 0.25) is 0 Å². The van der Waals surface area contributed by atoms with Crippen molar-refractivity contribution in [2.75, 3.05) is 5.88 Å². The summed E-state index contributed by atoms with van der Waals surface area (Å²) in [5.74, 6) is -2.03. The summed E-state index contributed by atoms with van der Waals surface area (Å²) < 4.78 is 39.8. The average Bonchev–Trinajstić information content (AvgIpc) is 2.38. The number of ether oxygens (including phenoxy) is 1. The number of alkyl halides is 4. The van der Waals surface area contributed by atoms with Crippen LogP contribution in [0.4, 0.5) is 13.2 Å². The number of hydrogen-bond acceptors (Lipinski definition) is 2. The maximum Gasteiger partial charge on any atom is 0.573 e. The highest BCUT2D eigenvalue weighted by Gasteiger charge is 2.31. The van der Waals surface area contributed by atoms with Crippen molar-refractivity contribution in [3.63, 3.8) is 0 Å². The van der Waals surface area contributed by atoms with Crippen molar-refractivity contribution in [1.82, 2.24) is 0 Å². The van der Waals surface area contributed by atoms with E-state index in [1.807, 2.05) is 0 Å². The molecule has 1 aromatic carbocycles. The van der Waals surface area contributed by atoms with E-state index in [0.29, 0.717) is 17.6 Å². The Balaban J connectivity index is 2.80. The van der Waals surface area contributed by atoms with Gasteiger partial charge in [-0.1, -0.05) is 24.3 Å². The summed E-state index contributed by atoms with van der Waals surface area (Å²) in [6, 6.07) is 4.80. The molecule has 1 atom stereocenters. The molecule has 1 N–H and O–H groups in total. The number of carbonyl (C=O) groups is 1. The molecule has 0 saturated carbocycles. The third kappa shape index (κ3) is 6.08. The van der Waals surface area contributed by atoms with Gasteiger partial charge in [0.1, 0.15) is 5.75 Å². The molecule has 1 unspecified atom stereocenters. The first-order valence-corrected chi connectivity index (χ1v) is 6.57. The summed E-state index contributed by atoms with van der Waals surface area (Å²) in [6.07, 6.45) is -4.06. The van der Waals surface area contributed by atoms with Crippen LogP contribution in [0.1, 0.15) is 24.3 Å². The smallest absolute Gasteiger partial charge is 0.481 e. The van der Waals surface area contributed by atoms with E-state index >= 15 is 0 Å². The average molecular weight is 323 g/mol. The van der Waals surface area contributed by atoms with Gasteiger partial charge in [-0.3, -0.25) is 4.79 Å². The van der Waals surface area contributed by atoms with Crippen LogP contribution in [0.15, 0.2) is 36.4 Å². The molecule has 0 saturated heterocycles. The van der Waals surface area contributed by atoms with Gasteiger partial charge in [-0.25, -0.2) is 0 Å². The van der Waals surface area contributed by atoms with Crippen molar-refractivity contribution in [2.24, 2.45) is 0 Å². The Morgan fingerprint density at radius 2 is 1.90 bits per heavy atom. The quantitative estimate of drug-likeness (QED) is 0.600. The minimum atomic E-state index is -4.77. The fourth-order valence-electron chi connectivity index (χ4n) is 1.75. The van der Waals surface area contributed by atoms with Crippen molar-refractivity contribution in [1.29, 1.82) is 0 Å². The molecular weight excluding hydrogens is 309 g/mol. The zero-order valence-electron chi connectivity index (χ0n) is 11.0. The van der Waals surface area contributed by atoms with Crippen molar-refractivity contribution in [2.45, 2.75) is 25.1 Å². The molecule has 0 heterocycles. The second-order valence-corrected chi connectivity index (χ2v) is 4.70. The standard InChI is InChI=1S/C14H14ClF3O3/c1-9(8-15)2-7-12(13(19)20)10-3-5-11(6-4-10)21-14(16,17)18/h3-6,12H,1-2,7-8H2,(H,19,20). The molecule has 0 aliphatic rings. The summed E-state index contributed by atoms with van der Waals surface area (Å²) in [7, 11) is 0. The minimum Gasteiger partial charge on any atom is -0.481 e. The highest BCUT2D eigenvalue weighted by Crippen LogP contribution is 2.28. The van der Waals surface area contributed by atoms with E-state index in [1.165, 1.54) is 12.1 Å². The Morgan fingerprint density at radius 1 is 1.33 bits per heavy atom. The highest BCUT2D eigenvalue weighted by atomic mass is 35.5. The lowest BCUT2D eigenvalue weighted by Gasteiger charge is -2.14. The van der Waals surface area contributed by atoms with Crippen molar-refractivity contribution >= 4 is 17.6 Å². The molecule has 7 heteroatoms. The molecule has 0 aliphatic heterocycles. The van der Waals surface area contributed by atoms with Crippen LogP contribution in [0, 0.1) is 0 Å². The molecule has 1 aromatic rings. The number of aliphatic carboxylic acids is 1. The van der Waals surface area contributed by atoms with Gasteiger partial charge in [-0.2, -0.15) is 0 Å². The van der Waals surface area contributed by atoms with Gasteiger partial charge in [-0.05, 0) is 30.5 Å². The van der Waals surface area contributed by atoms with E-state index in [4.69, 9.17) is 11.6 Å². The minimum absolute atomic E-state index is 0.241. The Morgan fingerprint density at radius 3 is 2.33 bits per heavy atom. The Labute approximate surface area is 125 Å². The predicted octanol–water partition coefficient (Wildman–Crippen LogP) is 4.33. The fourth-order valence-corrected chi connectivity index (χ4v) is 1.88. The van der Waals surface area contributed by atoms with E-state index in [0.717, 1.165) is 12.1 Å². The topological polar surface area (TPSA) is 46.5 Å². The summed E-state index contributed by atoms with van der Waals surface area (Å²) in [4.78, 5) is 11.2. The van der Waals surface area contributed by atoms with Crippen LogP contribution in [0.5, 0.6) is 5.75 Å². The Kier molecular flexibility index (Phi) is 6.08. The number of carboxylic acids is 1. The zero-order valence-corrected chi connectivity index (χ0v) is 11.7. The summed E-state index contributed by atoms with van der Waals surface area (Å²) in [5, 5.41) is 9.19. The summed E-state index contributed by atoms with van der Waals surface area (Å²) in [6.45, 7) is 3.68. The summed E-state index contributed by atoms with van der Waals surface area (Å²) in [5.41, 5.74) is 1.11. The monoisotopic (exact) mass is 322 g/mol. The second kappa shape index (κ2) is 7.36. The number of rotatable bonds is 7. The van der Waals surface area contributed by atoms with Gasteiger partial charge in [0.25, 0.3) is 0 Å². The van der Waals surface area contributed by atoms with Crippen LogP contribution in [-0.2, 0) is 4.79 Å². The van der Waals surface area contributed by atoms with E-state index in [1.54, 1.807) is 0 Å². The largest absolute Gasteiger partial charge is 0.573 e. The fraction of sp³-hybridized carbons (Fsp3) is 0.357. The van der Waals surface area contributed by atoms with Gasteiger partial charge >= 0.3 is 12.3 Å². The summed E-state index contributed by atoms with van der Waals surface area (Å²) >= 11 is 5.57. The first kappa shape index (κ1) is 17.4. The van der Waals surface area contributed by atoms with Crippen molar-refractivity contribution in [3.05, 3.63) is 42.0 Å². The lowest BCUT2D eigenvalue weighted by Crippen LogP contribution is -2.17. The first-order valence-electron chi connectivity index (χ1n) is 6.04. The van der Waals surface area contributed by atoms with Gasteiger partial charge in [0, 0.05) is 5.88 Å². The second-order valence-electron chi connectivity index (χ2n) is 4.43. The molecule has 116 valence electrons. The van der Waals surface area contributed by atoms with Crippen LogP contribution in [0.3, 0.4) is 0 Å². The van der Waals surface area contributed by atoms with Gasteiger partial charge in [0.2, 0.25) is 0 Å². The van der Waals surface area contributed by atoms with Gasteiger partial charge in [0.15, 0.2) is 0 Å². The lowest BCUT2D eigenvalue weighted by atomic mass is 9.93. The number of benzene rings is 1. The van der Waals surface area contributed by atoms with Gasteiger partial charge in [-0.15, -0.1) is 24.8 Å². The molecule has 0 bridgehead atoms. The van der Waals surface area contributed by atoms with E-state index in [2.05, 4.69) is 11.3 Å². The zero-order chi connectivity index (χ0) is 16.0. The molecule has 0 spiro atoms. The van der Waals surface area contributed by atoms with Crippen LogP contribution in [0.25, 0.3) is 0 Å². The van der Waals surface area contributed by atoms with E-state index in [-0.39, 0.29) is 18.1 Å². The SMILES string of the molecule is C=C(CCl)CCC(C(=O)O)c1ccc(OC(F)(F)F)cc1. The van der Waals surface area contributed by atoms with Crippen LogP contribution >= 0.6 is 11.6 Å². The van der Waals surface area contributed by atoms with E-state index < -0.39 is 18.2 Å². The lowest BCUT2D eigenvalue weighted by molar-refractivity contribution is -0.274. The molecule has 21 heavy (non-hydrogen) atoms. The molecule has 3 nitrogen and oxygen atoms in total. The van der Waals surface area contributed by atoms with E-state index in [9.17, 15) is 23.1 Å².